The lowest BCUT2D eigenvalue weighted by Gasteiger charge is -2.23. The van der Waals surface area contributed by atoms with Crippen molar-refractivity contribution >= 4 is 5.65 Å². The number of pyridine rings is 1. The van der Waals surface area contributed by atoms with E-state index in [0.717, 1.165) is 53.3 Å². The Hall–Kier alpha value is -3.25. The van der Waals surface area contributed by atoms with Crippen LogP contribution >= 0.6 is 0 Å². The third-order valence-electron chi connectivity index (χ3n) is 5.60. The van der Waals surface area contributed by atoms with Gasteiger partial charge in [0.1, 0.15) is 11.4 Å². The summed E-state index contributed by atoms with van der Waals surface area (Å²) in [7, 11) is 1.68. The van der Waals surface area contributed by atoms with Crippen LogP contribution in [-0.2, 0) is 0 Å². The molecule has 6 nitrogen and oxygen atoms in total. The van der Waals surface area contributed by atoms with Gasteiger partial charge in [-0.3, -0.25) is 4.98 Å². The molecule has 1 saturated heterocycles. The second-order valence-electron chi connectivity index (χ2n) is 7.34. The van der Waals surface area contributed by atoms with Crippen molar-refractivity contribution in [3.63, 3.8) is 0 Å². The molecule has 1 fully saturated rings. The van der Waals surface area contributed by atoms with Crippen molar-refractivity contribution in [3.05, 3.63) is 66.7 Å². The first-order valence-corrected chi connectivity index (χ1v) is 9.98. The molecule has 1 atom stereocenters. The molecule has 0 saturated carbocycles. The van der Waals surface area contributed by atoms with Gasteiger partial charge in [0.15, 0.2) is 5.65 Å². The zero-order chi connectivity index (χ0) is 19.6. The first-order chi connectivity index (χ1) is 14.3. The van der Waals surface area contributed by atoms with Gasteiger partial charge < -0.3 is 10.1 Å². The molecule has 146 valence electrons. The van der Waals surface area contributed by atoms with E-state index < -0.39 is 0 Å². The number of hydrogen-bond acceptors (Lipinski definition) is 5. The molecular formula is C23H23N5O. The third kappa shape index (κ3) is 3.25. The molecule has 0 aliphatic carbocycles. The van der Waals surface area contributed by atoms with Crippen molar-refractivity contribution in [2.24, 2.45) is 0 Å². The van der Waals surface area contributed by atoms with E-state index in [1.54, 1.807) is 19.5 Å². The molecular weight excluding hydrogens is 362 g/mol. The van der Waals surface area contributed by atoms with Crippen molar-refractivity contribution in [2.75, 3.05) is 20.2 Å². The number of ether oxygens (including phenoxy) is 1. The van der Waals surface area contributed by atoms with Gasteiger partial charge in [-0.25, -0.2) is 9.50 Å². The summed E-state index contributed by atoms with van der Waals surface area (Å²) < 4.78 is 7.37. The molecule has 5 rings (SSSR count). The van der Waals surface area contributed by atoms with E-state index in [1.165, 1.54) is 12.1 Å². The summed E-state index contributed by atoms with van der Waals surface area (Å²) in [5, 5.41) is 8.56. The number of nitrogens with one attached hydrogen (secondary N) is 1. The van der Waals surface area contributed by atoms with Gasteiger partial charge in [-0.05, 0) is 55.3 Å². The normalized spacial score (nSPS) is 16.8. The van der Waals surface area contributed by atoms with Gasteiger partial charge in [0.05, 0.1) is 18.4 Å². The molecule has 0 amide bonds. The van der Waals surface area contributed by atoms with Crippen molar-refractivity contribution in [1.82, 2.24) is 24.9 Å². The second-order valence-corrected chi connectivity index (χ2v) is 7.34. The molecule has 3 aromatic heterocycles. The number of nitrogens with zero attached hydrogens (tertiary/aromatic N) is 4. The highest BCUT2D eigenvalue weighted by Gasteiger charge is 2.23. The summed E-state index contributed by atoms with van der Waals surface area (Å²) in [5.41, 5.74) is 6.14. The zero-order valence-corrected chi connectivity index (χ0v) is 16.4. The average molecular weight is 385 g/mol. The van der Waals surface area contributed by atoms with E-state index in [-0.39, 0.29) is 0 Å². The van der Waals surface area contributed by atoms with Crippen LogP contribution < -0.4 is 10.1 Å². The van der Waals surface area contributed by atoms with Crippen LogP contribution in [-0.4, -0.2) is 39.8 Å². The number of benzene rings is 1. The Morgan fingerprint density at radius 3 is 2.55 bits per heavy atom. The van der Waals surface area contributed by atoms with Crippen LogP contribution in [0.2, 0.25) is 0 Å². The molecule has 0 spiro atoms. The maximum atomic E-state index is 5.34. The summed E-state index contributed by atoms with van der Waals surface area (Å²) in [6.45, 7) is 2.06. The van der Waals surface area contributed by atoms with Crippen LogP contribution in [0.4, 0.5) is 0 Å². The minimum Gasteiger partial charge on any atom is -0.497 e. The maximum absolute atomic E-state index is 5.34. The van der Waals surface area contributed by atoms with Gasteiger partial charge >= 0.3 is 0 Å². The first-order valence-electron chi connectivity index (χ1n) is 9.98. The van der Waals surface area contributed by atoms with Crippen molar-refractivity contribution in [3.8, 4) is 28.1 Å². The number of rotatable bonds is 4. The Balaban J connectivity index is 1.74. The zero-order valence-electron chi connectivity index (χ0n) is 16.4. The van der Waals surface area contributed by atoms with Crippen LogP contribution in [0.5, 0.6) is 5.75 Å². The van der Waals surface area contributed by atoms with E-state index in [1.807, 2.05) is 35.0 Å². The molecule has 1 aromatic carbocycles. The van der Waals surface area contributed by atoms with Gasteiger partial charge in [-0.15, -0.1) is 0 Å². The van der Waals surface area contributed by atoms with E-state index in [0.29, 0.717) is 5.92 Å². The highest BCUT2D eigenvalue weighted by atomic mass is 16.5. The van der Waals surface area contributed by atoms with Crippen LogP contribution in [0.15, 0.2) is 61.1 Å². The predicted octanol–water partition coefficient (Wildman–Crippen LogP) is 3.93. The average Bonchev–Trinajstić information content (AvgIpc) is 3.20. The van der Waals surface area contributed by atoms with Crippen molar-refractivity contribution < 1.29 is 4.74 Å². The van der Waals surface area contributed by atoms with Gasteiger partial charge in [-0.1, -0.05) is 12.1 Å². The minimum absolute atomic E-state index is 0.433. The summed E-state index contributed by atoms with van der Waals surface area (Å²) in [4.78, 5) is 8.90. The maximum Gasteiger partial charge on any atom is 0.163 e. The van der Waals surface area contributed by atoms with E-state index >= 15 is 0 Å². The number of piperidine rings is 1. The number of hydrogen-bond donors (Lipinski definition) is 1. The molecule has 1 unspecified atom stereocenters. The Morgan fingerprint density at radius 1 is 1.00 bits per heavy atom. The highest BCUT2D eigenvalue weighted by Crippen LogP contribution is 2.36. The Bertz CT molecular complexity index is 1120. The fraction of sp³-hybridized carbons (Fsp3) is 0.261. The van der Waals surface area contributed by atoms with E-state index in [9.17, 15) is 0 Å². The fourth-order valence-corrected chi connectivity index (χ4v) is 4.11. The number of aromatic nitrogens is 4. The number of methoxy groups -OCH3 is 1. The van der Waals surface area contributed by atoms with E-state index in [4.69, 9.17) is 14.8 Å². The summed E-state index contributed by atoms with van der Waals surface area (Å²) in [6.07, 6.45) is 7.85. The fourth-order valence-electron chi connectivity index (χ4n) is 4.11. The van der Waals surface area contributed by atoms with Gasteiger partial charge in [-0.2, -0.15) is 5.10 Å². The summed E-state index contributed by atoms with van der Waals surface area (Å²) >= 11 is 0. The standard InChI is InChI=1S/C23H23N5O/c1-29-19-6-4-16(5-7-19)21-22(17-8-12-24-13-9-17)27-28-20(10-14-26-23(21)28)18-3-2-11-25-15-18/h4-10,12-14,18,25H,2-3,11,15H2,1H3. The van der Waals surface area contributed by atoms with Gasteiger partial charge in [0.25, 0.3) is 0 Å². The van der Waals surface area contributed by atoms with Gasteiger partial charge in [0, 0.05) is 36.6 Å². The van der Waals surface area contributed by atoms with Crippen molar-refractivity contribution in [2.45, 2.75) is 18.8 Å². The quantitative estimate of drug-likeness (QED) is 0.577. The lowest BCUT2D eigenvalue weighted by Crippen LogP contribution is -2.29. The topological polar surface area (TPSA) is 64.3 Å². The Labute approximate surface area is 169 Å². The predicted molar refractivity (Wildman–Crippen MR) is 113 cm³/mol. The second kappa shape index (κ2) is 7.64. The minimum atomic E-state index is 0.433. The molecule has 0 bridgehead atoms. The summed E-state index contributed by atoms with van der Waals surface area (Å²) in [6, 6.07) is 14.2. The molecule has 29 heavy (non-hydrogen) atoms. The van der Waals surface area contributed by atoms with E-state index in [2.05, 4.69) is 28.5 Å². The van der Waals surface area contributed by atoms with Crippen LogP contribution in [0.3, 0.4) is 0 Å². The Morgan fingerprint density at radius 2 is 1.83 bits per heavy atom. The SMILES string of the molecule is COc1ccc(-c2c(-c3ccncc3)nn3c(C4CCCNC4)ccnc23)cc1. The monoisotopic (exact) mass is 385 g/mol. The summed E-state index contributed by atoms with van der Waals surface area (Å²) in [5.74, 6) is 1.26. The van der Waals surface area contributed by atoms with Crippen LogP contribution in [0.25, 0.3) is 28.0 Å². The molecule has 6 heteroatoms. The van der Waals surface area contributed by atoms with Gasteiger partial charge in [0.2, 0.25) is 0 Å². The largest absolute Gasteiger partial charge is 0.497 e. The highest BCUT2D eigenvalue weighted by molar-refractivity contribution is 5.90. The molecule has 4 aromatic rings. The molecule has 1 aliphatic heterocycles. The third-order valence-corrected chi connectivity index (χ3v) is 5.60. The first kappa shape index (κ1) is 17.8. The van der Waals surface area contributed by atoms with Crippen LogP contribution in [0, 0.1) is 0 Å². The lowest BCUT2D eigenvalue weighted by molar-refractivity contribution is 0.415. The number of fused-ring (bicyclic) bond motifs is 1. The molecule has 4 heterocycles. The smallest absolute Gasteiger partial charge is 0.163 e. The van der Waals surface area contributed by atoms with Crippen molar-refractivity contribution in [1.29, 1.82) is 0 Å². The lowest BCUT2D eigenvalue weighted by atomic mass is 9.96. The van der Waals surface area contributed by atoms with Crippen LogP contribution in [0.1, 0.15) is 24.5 Å². The molecule has 0 radical (unpaired) electrons. The molecule has 1 N–H and O–H groups in total. The Kier molecular flexibility index (Phi) is 4.69. The molecule has 1 aliphatic rings.